The lowest BCUT2D eigenvalue weighted by atomic mass is 10.1. The van der Waals surface area contributed by atoms with Crippen molar-refractivity contribution in [3.05, 3.63) is 64.7 Å². The van der Waals surface area contributed by atoms with Crippen LogP contribution in [0.2, 0.25) is 0 Å². The van der Waals surface area contributed by atoms with Crippen molar-refractivity contribution in [2.24, 2.45) is 0 Å². The van der Waals surface area contributed by atoms with E-state index in [9.17, 15) is 8.42 Å². The van der Waals surface area contributed by atoms with Crippen LogP contribution in [0.3, 0.4) is 0 Å². The molecule has 0 spiro atoms. The monoisotopic (exact) mass is 305 g/mol. The zero-order valence-electron chi connectivity index (χ0n) is 12.1. The van der Waals surface area contributed by atoms with Crippen LogP contribution in [-0.4, -0.2) is 13.5 Å². The van der Waals surface area contributed by atoms with Gasteiger partial charge in [0.05, 0.1) is 11.5 Å². The molecule has 0 aromatic heterocycles. The molecule has 21 heavy (non-hydrogen) atoms. The van der Waals surface area contributed by atoms with E-state index >= 15 is 0 Å². The summed E-state index contributed by atoms with van der Waals surface area (Å²) < 4.78 is 27.4. The first-order valence-electron chi connectivity index (χ1n) is 6.68. The summed E-state index contributed by atoms with van der Waals surface area (Å²) in [5.41, 5.74) is 3.22. The van der Waals surface area contributed by atoms with Gasteiger partial charge in [0.25, 0.3) is 0 Å². The van der Waals surface area contributed by atoms with E-state index in [0.717, 1.165) is 11.1 Å². The Morgan fingerprint density at radius 1 is 1.05 bits per heavy atom. The molecule has 4 nitrogen and oxygen atoms in total. The van der Waals surface area contributed by atoms with Crippen LogP contribution in [0.5, 0.6) is 0 Å². The average molecular weight is 305 g/mol. The number of aliphatic hydroxyl groups excluding tert-OH is 1. The number of rotatable bonds is 5. The highest BCUT2D eigenvalue weighted by Gasteiger charge is 2.17. The number of aryl methyl sites for hydroxylation is 2. The van der Waals surface area contributed by atoms with Crippen molar-refractivity contribution in [1.29, 1.82) is 0 Å². The fourth-order valence-corrected chi connectivity index (χ4v) is 3.39. The van der Waals surface area contributed by atoms with Crippen LogP contribution < -0.4 is 4.72 Å². The minimum absolute atomic E-state index is 0.180. The zero-order valence-corrected chi connectivity index (χ0v) is 12.9. The molecule has 0 bridgehead atoms. The Morgan fingerprint density at radius 2 is 1.76 bits per heavy atom. The van der Waals surface area contributed by atoms with Crippen LogP contribution in [0.15, 0.2) is 47.4 Å². The van der Waals surface area contributed by atoms with Crippen molar-refractivity contribution < 1.29 is 13.5 Å². The van der Waals surface area contributed by atoms with Crippen LogP contribution in [-0.2, 0) is 23.2 Å². The highest BCUT2D eigenvalue weighted by molar-refractivity contribution is 7.89. The summed E-state index contributed by atoms with van der Waals surface area (Å²) in [4.78, 5) is 0.211. The van der Waals surface area contributed by atoms with E-state index < -0.39 is 10.0 Å². The van der Waals surface area contributed by atoms with Gasteiger partial charge < -0.3 is 5.11 Å². The lowest BCUT2D eigenvalue weighted by Crippen LogP contribution is -2.24. The summed E-state index contributed by atoms with van der Waals surface area (Å²) in [7, 11) is -3.60. The number of nitrogens with one attached hydrogen (secondary N) is 1. The van der Waals surface area contributed by atoms with Crippen molar-refractivity contribution in [2.75, 3.05) is 0 Å². The number of aliphatic hydroxyl groups is 1. The normalized spacial score (nSPS) is 11.6. The van der Waals surface area contributed by atoms with Gasteiger partial charge in [0.2, 0.25) is 10.0 Å². The van der Waals surface area contributed by atoms with Crippen molar-refractivity contribution in [2.45, 2.75) is 31.9 Å². The number of hydrogen-bond acceptors (Lipinski definition) is 3. The van der Waals surface area contributed by atoms with Gasteiger partial charge in [-0.3, -0.25) is 0 Å². The Morgan fingerprint density at radius 3 is 2.43 bits per heavy atom. The third-order valence-electron chi connectivity index (χ3n) is 3.44. The smallest absolute Gasteiger partial charge is 0.241 e. The Kier molecular flexibility index (Phi) is 4.77. The molecule has 0 radical (unpaired) electrons. The van der Waals surface area contributed by atoms with Crippen LogP contribution in [0.25, 0.3) is 0 Å². The highest BCUT2D eigenvalue weighted by atomic mass is 32.2. The number of hydrogen-bond donors (Lipinski definition) is 2. The molecule has 0 saturated carbocycles. The largest absolute Gasteiger partial charge is 0.392 e. The molecule has 0 fully saturated rings. The van der Waals surface area contributed by atoms with E-state index in [-0.39, 0.29) is 18.0 Å². The van der Waals surface area contributed by atoms with Gasteiger partial charge in [0.15, 0.2) is 0 Å². The van der Waals surface area contributed by atoms with Crippen molar-refractivity contribution in [3.63, 3.8) is 0 Å². The number of benzene rings is 2. The van der Waals surface area contributed by atoms with E-state index in [1.807, 2.05) is 31.2 Å². The van der Waals surface area contributed by atoms with E-state index in [0.29, 0.717) is 11.1 Å². The molecule has 0 aliphatic heterocycles. The highest BCUT2D eigenvalue weighted by Crippen LogP contribution is 2.18. The lowest BCUT2D eigenvalue weighted by molar-refractivity contribution is 0.281. The standard InChI is InChI=1S/C16H19NO3S/c1-12-5-3-4-6-15(12)10-17-21(19,20)16-9-14(11-18)8-7-13(16)2/h3-9,17-18H,10-11H2,1-2H3. The summed E-state index contributed by atoms with van der Waals surface area (Å²) in [5.74, 6) is 0. The third kappa shape index (κ3) is 3.69. The first kappa shape index (κ1) is 15.7. The molecule has 112 valence electrons. The van der Waals surface area contributed by atoms with E-state index in [4.69, 9.17) is 5.11 Å². The second-order valence-electron chi connectivity index (χ2n) is 5.01. The minimum Gasteiger partial charge on any atom is -0.392 e. The Balaban J connectivity index is 2.25. The molecular formula is C16H19NO3S. The van der Waals surface area contributed by atoms with Gasteiger partial charge in [-0.15, -0.1) is 0 Å². The van der Waals surface area contributed by atoms with E-state index in [1.165, 1.54) is 6.07 Å². The van der Waals surface area contributed by atoms with E-state index in [1.54, 1.807) is 19.1 Å². The van der Waals surface area contributed by atoms with Crippen LogP contribution in [0, 0.1) is 13.8 Å². The summed E-state index contributed by atoms with van der Waals surface area (Å²) in [6, 6.07) is 12.6. The molecule has 0 aliphatic rings. The molecule has 0 amide bonds. The fourth-order valence-electron chi connectivity index (χ4n) is 2.09. The molecule has 2 rings (SSSR count). The average Bonchev–Trinajstić information content (AvgIpc) is 2.47. The predicted molar refractivity (Wildman–Crippen MR) is 82.3 cm³/mol. The lowest BCUT2D eigenvalue weighted by Gasteiger charge is -2.11. The Labute approximate surface area is 125 Å². The van der Waals surface area contributed by atoms with Gasteiger partial charge in [-0.1, -0.05) is 36.4 Å². The molecular weight excluding hydrogens is 286 g/mol. The number of sulfonamides is 1. The molecule has 0 unspecified atom stereocenters. The summed E-state index contributed by atoms with van der Waals surface area (Å²) in [5, 5.41) is 9.15. The predicted octanol–water partition coefficient (Wildman–Crippen LogP) is 2.27. The summed E-state index contributed by atoms with van der Waals surface area (Å²) >= 11 is 0. The zero-order chi connectivity index (χ0) is 15.5. The van der Waals surface area contributed by atoms with Gasteiger partial charge in [-0.2, -0.15) is 0 Å². The molecule has 2 aromatic rings. The van der Waals surface area contributed by atoms with Crippen LogP contribution >= 0.6 is 0 Å². The molecule has 0 saturated heterocycles. The molecule has 0 heterocycles. The third-order valence-corrected chi connectivity index (χ3v) is 4.98. The Hall–Kier alpha value is -1.69. The van der Waals surface area contributed by atoms with Gasteiger partial charge in [0.1, 0.15) is 0 Å². The van der Waals surface area contributed by atoms with Crippen LogP contribution in [0.1, 0.15) is 22.3 Å². The van der Waals surface area contributed by atoms with Gasteiger partial charge in [0, 0.05) is 6.54 Å². The second kappa shape index (κ2) is 6.39. The van der Waals surface area contributed by atoms with Crippen molar-refractivity contribution >= 4 is 10.0 Å². The summed E-state index contributed by atoms with van der Waals surface area (Å²) in [6.45, 7) is 3.75. The van der Waals surface area contributed by atoms with Crippen molar-refractivity contribution in [1.82, 2.24) is 4.72 Å². The first-order valence-corrected chi connectivity index (χ1v) is 8.17. The SMILES string of the molecule is Cc1ccccc1CNS(=O)(=O)c1cc(CO)ccc1C. The maximum Gasteiger partial charge on any atom is 0.241 e. The maximum absolute atomic E-state index is 12.4. The van der Waals surface area contributed by atoms with Gasteiger partial charge in [-0.05, 0) is 42.2 Å². The van der Waals surface area contributed by atoms with Gasteiger partial charge >= 0.3 is 0 Å². The quantitative estimate of drug-likeness (QED) is 0.890. The first-order chi connectivity index (χ1) is 9.94. The van der Waals surface area contributed by atoms with Crippen molar-refractivity contribution in [3.8, 4) is 0 Å². The maximum atomic E-state index is 12.4. The molecule has 0 aliphatic carbocycles. The van der Waals surface area contributed by atoms with E-state index in [2.05, 4.69) is 4.72 Å². The Bertz CT molecular complexity index is 739. The second-order valence-corrected chi connectivity index (χ2v) is 6.74. The van der Waals surface area contributed by atoms with Gasteiger partial charge in [-0.25, -0.2) is 13.1 Å². The summed E-state index contributed by atoms with van der Waals surface area (Å²) in [6.07, 6.45) is 0. The fraction of sp³-hybridized carbons (Fsp3) is 0.250. The molecule has 0 atom stereocenters. The topological polar surface area (TPSA) is 66.4 Å². The molecule has 2 aromatic carbocycles. The van der Waals surface area contributed by atoms with Crippen LogP contribution in [0.4, 0.5) is 0 Å². The minimum atomic E-state index is -3.60. The molecule has 5 heteroatoms. The molecule has 2 N–H and O–H groups in total.